The van der Waals surface area contributed by atoms with Gasteiger partial charge in [-0.15, -0.1) is 4.72 Å². The van der Waals surface area contributed by atoms with Gasteiger partial charge in [-0.3, -0.25) is 9.18 Å². The molecule has 0 aromatic rings. The van der Waals surface area contributed by atoms with Crippen LogP contribution in [-0.2, 0) is 20.9 Å². The number of hydrogen-bond donors (Lipinski definition) is 1. The number of carbonyl (C=O) groups excluding carboxylic acids is 1. The maximum Gasteiger partial charge on any atom is 0.328 e. The Morgan fingerprint density at radius 1 is 1.39 bits per heavy atom. The van der Waals surface area contributed by atoms with Crippen LogP contribution in [0, 0.1) is 5.41 Å². The van der Waals surface area contributed by atoms with Gasteiger partial charge >= 0.3 is 5.97 Å². The Labute approximate surface area is 112 Å². The largest absolute Gasteiger partial charge is 0.598 e. The van der Waals surface area contributed by atoms with Crippen LogP contribution >= 0.6 is 0 Å². The molecule has 0 saturated carbocycles. The standard InChI is InChI=1S/C12H24FNO3S/c1-7-17-10(15)9(12(5,6)8-13)14-18(16)11(2,3)4/h9,14H,7-8H2,1-6H3. The second-order valence-electron chi connectivity index (χ2n) is 5.81. The molecule has 0 amide bonds. The first-order valence-corrected chi connectivity index (χ1v) is 7.12. The lowest BCUT2D eigenvalue weighted by Crippen LogP contribution is -2.55. The van der Waals surface area contributed by atoms with Crippen LogP contribution in [0.3, 0.4) is 0 Å². The topological polar surface area (TPSA) is 61.4 Å². The molecule has 4 nitrogen and oxygen atoms in total. The molecule has 0 radical (unpaired) electrons. The van der Waals surface area contributed by atoms with E-state index in [4.69, 9.17) is 4.74 Å². The molecule has 0 rings (SSSR count). The molecule has 2 unspecified atom stereocenters. The normalized spacial score (nSPS) is 16.2. The molecule has 6 heteroatoms. The summed E-state index contributed by atoms with van der Waals surface area (Å²) < 4.78 is 32.1. The second-order valence-corrected chi connectivity index (χ2v) is 7.80. The summed E-state index contributed by atoms with van der Waals surface area (Å²) in [6.07, 6.45) is 0. The molecule has 0 bridgehead atoms. The van der Waals surface area contributed by atoms with E-state index in [1.807, 2.05) is 0 Å². The van der Waals surface area contributed by atoms with E-state index >= 15 is 0 Å². The first kappa shape index (κ1) is 17.7. The molecule has 108 valence electrons. The molecule has 18 heavy (non-hydrogen) atoms. The molecule has 0 aliphatic carbocycles. The second kappa shape index (κ2) is 6.73. The predicted octanol–water partition coefficient (Wildman–Crippen LogP) is 1.97. The lowest BCUT2D eigenvalue weighted by atomic mass is 9.86. The van der Waals surface area contributed by atoms with E-state index in [-0.39, 0.29) is 6.61 Å². The molecule has 0 aromatic heterocycles. The van der Waals surface area contributed by atoms with Crippen molar-refractivity contribution in [3.05, 3.63) is 0 Å². The number of nitrogens with one attached hydrogen (secondary N) is 1. The molecule has 0 saturated heterocycles. The van der Waals surface area contributed by atoms with Gasteiger partial charge < -0.3 is 9.29 Å². The Morgan fingerprint density at radius 3 is 2.22 bits per heavy atom. The number of ether oxygens (including phenoxy) is 1. The van der Waals surface area contributed by atoms with Crippen molar-refractivity contribution in [1.29, 1.82) is 0 Å². The third kappa shape index (κ3) is 5.12. The van der Waals surface area contributed by atoms with Crippen molar-refractivity contribution in [3.63, 3.8) is 0 Å². The van der Waals surface area contributed by atoms with E-state index in [1.54, 1.807) is 41.5 Å². The molecule has 0 aliphatic rings. The molecule has 0 fully saturated rings. The minimum atomic E-state index is -1.46. The summed E-state index contributed by atoms with van der Waals surface area (Å²) in [6, 6.07) is -0.928. The smallest absolute Gasteiger partial charge is 0.328 e. The van der Waals surface area contributed by atoms with Gasteiger partial charge in [0.15, 0.2) is 6.04 Å². The van der Waals surface area contributed by atoms with Gasteiger partial charge in [0.1, 0.15) is 4.75 Å². The Bertz CT molecular complexity index is 279. The first-order valence-electron chi connectivity index (χ1n) is 5.97. The minimum absolute atomic E-state index is 0.210. The fourth-order valence-electron chi connectivity index (χ4n) is 1.11. The number of carbonyl (C=O) groups is 1. The highest BCUT2D eigenvalue weighted by molar-refractivity contribution is 7.90. The van der Waals surface area contributed by atoms with Crippen LogP contribution < -0.4 is 4.72 Å². The summed E-state index contributed by atoms with van der Waals surface area (Å²) in [5.41, 5.74) is -0.965. The van der Waals surface area contributed by atoms with Crippen LogP contribution in [0.5, 0.6) is 0 Å². The molecule has 2 atom stereocenters. The van der Waals surface area contributed by atoms with Crippen molar-refractivity contribution in [3.8, 4) is 0 Å². The Hall–Kier alpha value is -0.330. The molecule has 1 N–H and O–H groups in total. The zero-order valence-electron chi connectivity index (χ0n) is 12.0. The van der Waals surface area contributed by atoms with Crippen LogP contribution in [-0.4, -0.2) is 34.6 Å². The Balaban J connectivity index is 4.95. The SMILES string of the molecule is CCOC(=O)C(N[S+]([O-])C(C)(C)C)C(C)(C)CF. The quantitative estimate of drug-likeness (QED) is 0.597. The fourth-order valence-corrected chi connectivity index (χ4v) is 2.10. The molecule has 0 heterocycles. The lowest BCUT2D eigenvalue weighted by Gasteiger charge is -2.33. The van der Waals surface area contributed by atoms with Gasteiger partial charge in [-0.25, -0.2) is 0 Å². The summed E-state index contributed by atoms with van der Waals surface area (Å²) in [6.45, 7) is 9.72. The minimum Gasteiger partial charge on any atom is -0.598 e. The first-order chi connectivity index (χ1) is 8.06. The molecular weight excluding hydrogens is 257 g/mol. The zero-order chi connectivity index (χ0) is 14.6. The number of esters is 1. The van der Waals surface area contributed by atoms with Crippen molar-refractivity contribution < 1.29 is 18.5 Å². The highest BCUT2D eigenvalue weighted by atomic mass is 32.2. The van der Waals surface area contributed by atoms with E-state index in [2.05, 4.69) is 4.72 Å². The van der Waals surface area contributed by atoms with Gasteiger partial charge in [-0.1, -0.05) is 13.8 Å². The van der Waals surface area contributed by atoms with Gasteiger partial charge in [-0.05, 0) is 27.7 Å². The summed E-state index contributed by atoms with van der Waals surface area (Å²) in [4.78, 5) is 11.8. The number of hydrogen-bond acceptors (Lipinski definition) is 4. The summed E-state index contributed by atoms with van der Waals surface area (Å²) in [7, 11) is 0. The molecule has 0 spiro atoms. The monoisotopic (exact) mass is 281 g/mol. The summed E-state index contributed by atoms with van der Waals surface area (Å²) in [5, 5.41) is 0. The summed E-state index contributed by atoms with van der Waals surface area (Å²) in [5.74, 6) is -0.572. The lowest BCUT2D eigenvalue weighted by molar-refractivity contribution is -0.148. The number of rotatable bonds is 6. The molecule has 0 aromatic carbocycles. The van der Waals surface area contributed by atoms with Crippen LogP contribution in [0.4, 0.5) is 4.39 Å². The van der Waals surface area contributed by atoms with Crippen LogP contribution in [0.2, 0.25) is 0 Å². The van der Waals surface area contributed by atoms with Gasteiger partial charge in [0.05, 0.1) is 13.3 Å². The van der Waals surface area contributed by atoms with E-state index in [1.165, 1.54) is 0 Å². The van der Waals surface area contributed by atoms with Crippen molar-refractivity contribution in [1.82, 2.24) is 4.72 Å². The number of halogens is 1. The van der Waals surface area contributed by atoms with Gasteiger partial charge in [0.2, 0.25) is 0 Å². The van der Waals surface area contributed by atoms with Crippen LogP contribution in [0.15, 0.2) is 0 Å². The fraction of sp³-hybridized carbons (Fsp3) is 0.917. The predicted molar refractivity (Wildman–Crippen MR) is 71.2 cm³/mol. The van der Waals surface area contributed by atoms with Gasteiger partial charge in [0, 0.05) is 16.8 Å². The third-order valence-corrected chi connectivity index (χ3v) is 3.99. The van der Waals surface area contributed by atoms with Gasteiger partial charge in [-0.2, -0.15) is 0 Å². The van der Waals surface area contributed by atoms with E-state index in [0.29, 0.717) is 0 Å². The average Bonchev–Trinajstić information content (AvgIpc) is 2.24. The maximum atomic E-state index is 13.0. The van der Waals surface area contributed by atoms with Gasteiger partial charge in [0.25, 0.3) is 0 Å². The Kier molecular flexibility index (Phi) is 6.60. The third-order valence-electron chi connectivity index (χ3n) is 2.43. The van der Waals surface area contributed by atoms with E-state index < -0.39 is 40.2 Å². The average molecular weight is 281 g/mol. The maximum absolute atomic E-state index is 13.0. The Morgan fingerprint density at radius 2 is 1.89 bits per heavy atom. The molecular formula is C12H24FNO3S. The number of alkyl halides is 1. The highest BCUT2D eigenvalue weighted by Gasteiger charge is 2.42. The van der Waals surface area contributed by atoms with E-state index in [0.717, 1.165) is 0 Å². The van der Waals surface area contributed by atoms with Crippen molar-refractivity contribution in [2.75, 3.05) is 13.3 Å². The highest BCUT2D eigenvalue weighted by Crippen LogP contribution is 2.25. The van der Waals surface area contributed by atoms with Crippen molar-refractivity contribution in [2.45, 2.75) is 52.3 Å². The zero-order valence-corrected chi connectivity index (χ0v) is 12.8. The van der Waals surface area contributed by atoms with Crippen LogP contribution in [0.1, 0.15) is 41.5 Å². The van der Waals surface area contributed by atoms with Crippen molar-refractivity contribution in [2.24, 2.45) is 5.41 Å². The van der Waals surface area contributed by atoms with Crippen molar-refractivity contribution >= 4 is 17.3 Å². The van der Waals surface area contributed by atoms with Crippen LogP contribution in [0.25, 0.3) is 0 Å². The van der Waals surface area contributed by atoms with E-state index in [9.17, 15) is 13.7 Å². The summed E-state index contributed by atoms with van der Waals surface area (Å²) >= 11 is -1.46. The molecule has 0 aliphatic heterocycles.